The molecule has 8 heteroatoms. The molecule has 1 saturated heterocycles. The molecule has 8 nitrogen and oxygen atoms in total. The third kappa shape index (κ3) is 3.31. The lowest BCUT2D eigenvalue weighted by atomic mass is 9.92. The fourth-order valence-electron chi connectivity index (χ4n) is 5.71. The standard InChI is InChI=1S/C22H32N4O4/c1-14-11-19(28)24-12-16(25-18(27)6-5-17(14)20(24)25)13-26(22(2,3)4)9-7-15(8-10-26)23-21(29)30/h5-6,14-16,23H,7-13H2,1-4H3/t14?,15?,16-,26?/m1/s1. The highest BCUT2D eigenvalue weighted by atomic mass is 16.4. The molecule has 1 N–H and O–H groups in total. The van der Waals surface area contributed by atoms with Crippen LogP contribution in [0.5, 0.6) is 0 Å². The van der Waals surface area contributed by atoms with Crippen LogP contribution in [0.4, 0.5) is 10.6 Å². The molecular weight excluding hydrogens is 384 g/mol. The maximum Gasteiger partial charge on any atom is 0.252 e. The molecule has 1 aromatic heterocycles. The summed E-state index contributed by atoms with van der Waals surface area (Å²) in [5, 5.41) is 13.5. The van der Waals surface area contributed by atoms with E-state index in [1.54, 1.807) is 6.07 Å². The van der Waals surface area contributed by atoms with Crippen LogP contribution in [-0.2, 0) is 4.79 Å². The molecule has 0 radical (unpaired) electrons. The Hall–Kier alpha value is -2.35. The van der Waals surface area contributed by atoms with Crippen molar-refractivity contribution in [2.75, 3.05) is 31.1 Å². The number of carbonyl (C=O) groups is 2. The van der Waals surface area contributed by atoms with E-state index in [0.717, 1.165) is 48.3 Å². The first-order valence-electron chi connectivity index (χ1n) is 10.9. The van der Waals surface area contributed by atoms with Crippen LogP contribution in [0.15, 0.2) is 16.9 Å². The van der Waals surface area contributed by atoms with E-state index in [-0.39, 0.29) is 35.0 Å². The summed E-state index contributed by atoms with van der Waals surface area (Å²) in [7, 11) is 0. The average molecular weight is 417 g/mol. The summed E-state index contributed by atoms with van der Waals surface area (Å²) in [6, 6.07) is 3.35. The number of hydrogen-bond acceptors (Lipinski definition) is 4. The van der Waals surface area contributed by atoms with Gasteiger partial charge in [0.1, 0.15) is 24.5 Å². The molecule has 1 aromatic rings. The minimum Gasteiger partial charge on any atom is -0.530 e. The van der Waals surface area contributed by atoms with Gasteiger partial charge in [-0.2, -0.15) is 0 Å². The van der Waals surface area contributed by atoms with Gasteiger partial charge in [-0.25, -0.2) is 0 Å². The molecule has 1 unspecified atom stereocenters. The molecule has 30 heavy (non-hydrogen) atoms. The fraction of sp³-hybridized carbons (Fsp3) is 0.682. The number of rotatable bonds is 3. The number of nitrogens with zero attached hydrogens (tertiary/aromatic N) is 3. The van der Waals surface area contributed by atoms with E-state index < -0.39 is 6.09 Å². The number of quaternary nitrogens is 1. The van der Waals surface area contributed by atoms with E-state index >= 15 is 0 Å². The zero-order chi connectivity index (χ0) is 21.8. The van der Waals surface area contributed by atoms with Crippen molar-refractivity contribution >= 4 is 17.8 Å². The summed E-state index contributed by atoms with van der Waals surface area (Å²) in [5.41, 5.74) is 0.957. The Morgan fingerprint density at radius 3 is 2.50 bits per heavy atom. The number of carbonyl (C=O) groups excluding carboxylic acids is 2. The second-order valence-electron chi connectivity index (χ2n) is 10.2. The maximum absolute atomic E-state index is 12.9. The van der Waals surface area contributed by atoms with Gasteiger partial charge in [-0.05, 0) is 38.3 Å². The van der Waals surface area contributed by atoms with E-state index in [9.17, 15) is 19.5 Å². The van der Waals surface area contributed by atoms with Crippen molar-refractivity contribution < 1.29 is 19.2 Å². The molecule has 164 valence electrons. The van der Waals surface area contributed by atoms with Gasteiger partial charge in [-0.15, -0.1) is 0 Å². The number of aromatic nitrogens is 1. The van der Waals surface area contributed by atoms with Crippen molar-refractivity contribution in [2.24, 2.45) is 0 Å². The van der Waals surface area contributed by atoms with Crippen LogP contribution < -0.4 is 20.9 Å². The van der Waals surface area contributed by atoms with Crippen LogP contribution in [0.3, 0.4) is 0 Å². The Morgan fingerprint density at radius 1 is 1.23 bits per heavy atom. The first-order chi connectivity index (χ1) is 14.0. The summed E-state index contributed by atoms with van der Waals surface area (Å²) >= 11 is 0. The molecule has 0 saturated carbocycles. The van der Waals surface area contributed by atoms with E-state index in [4.69, 9.17) is 0 Å². The Morgan fingerprint density at radius 2 is 1.90 bits per heavy atom. The minimum absolute atomic E-state index is 0.0521. The predicted octanol–water partition coefficient (Wildman–Crippen LogP) is 0.954. The molecule has 1 fully saturated rings. The molecule has 4 rings (SSSR count). The fourth-order valence-corrected chi connectivity index (χ4v) is 5.71. The van der Waals surface area contributed by atoms with Crippen molar-refractivity contribution in [1.29, 1.82) is 0 Å². The van der Waals surface area contributed by atoms with Gasteiger partial charge in [-0.3, -0.25) is 19.1 Å². The molecule has 0 bridgehead atoms. The van der Waals surface area contributed by atoms with E-state index in [1.165, 1.54) is 0 Å². The second-order valence-corrected chi connectivity index (χ2v) is 10.2. The Kier molecular flexibility index (Phi) is 4.96. The zero-order valence-electron chi connectivity index (χ0n) is 18.3. The highest BCUT2D eigenvalue weighted by Crippen LogP contribution is 2.42. The van der Waals surface area contributed by atoms with E-state index in [1.807, 2.05) is 22.5 Å². The number of hydrogen-bond donors (Lipinski definition) is 1. The quantitative estimate of drug-likeness (QED) is 0.743. The molecule has 2 atom stereocenters. The van der Waals surface area contributed by atoms with Gasteiger partial charge in [0.15, 0.2) is 0 Å². The van der Waals surface area contributed by atoms with E-state index in [2.05, 4.69) is 26.1 Å². The lowest BCUT2D eigenvalue weighted by Crippen LogP contribution is -2.67. The summed E-state index contributed by atoms with van der Waals surface area (Å²) < 4.78 is 2.64. The van der Waals surface area contributed by atoms with Crippen LogP contribution in [0.1, 0.15) is 64.5 Å². The third-order valence-electron chi connectivity index (χ3n) is 7.57. The lowest BCUT2D eigenvalue weighted by molar-refractivity contribution is -0.976. The Labute approximate surface area is 177 Å². The number of amides is 2. The second kappa shape index (κ2) is 7.11. The minimum atomic E-state index is -1.22. The van der Waals surface area contributed by atoms with E-state index in [0.29, 0.717) is 13.0 Å². The monoisotopic (exact) mass is 416 g/mol. The van der Waals surface area contributed by atoms with Crippen LogP contribution >= 0.6 is 0 Å². The number of pyridine rings is 1. The Bertz CT molecular complexity index is 924. The van der Waals surface area contributed by atoms with Crippen LogP contribution in [0, 0.1) is 0 Å². The third-order valence-corrected chi connectivity index (χ3v) is 7.57. The van der Waals surface area contributed by atoms with Crippen molar-refractivity contribution in [3.63, 3.8) is 0 Å². The van der Waals surface area contributed by atoms with Gasteiger partial charge in [0.05, 0.1) is 25.2 Å². The molecule has 0 aromatic carbocycles. The highest BCUT2D eigenvalue weighted by Gasteiger charge is 2.48. The first-order valence-corrected chi connectivity index (χ1v) is 10.9. The average Bonchev–Trinajstić information content (AvgIpc) is 3.02. The largest absolute Gasteiger partial charge is 0.530 e. The summed E-state index contributed by atoms with van der Waals surface area (Å²) in [4.78, 5) is 38.4. The van der Waals surface area contributed by atoms with Gasteiger partial charge >= 0.3 is 0 Å². The summed E-state index contributed by atoms with van der Waals surface area (Å²) in [5.74, 6) is 0.999. The summed E-state index contributed by atoms with van der Waals surface area (Å²) in [6.45, 7) is 11.6. The smallest absolute Gasteiger partial charge is 0.252 e. The van der Waals surface area contributed by atoms with Crippen molar-refractivity contribution in [1.82, 2.24) is 9.88 Å². The normalized spacial score (nSPS) is 30.9. The molecule has 2 amide bonds. The van der Waals surface area contributed by atoms with Crippen LogP contribution in [0.25, 0.3) is 0 Å². The van der Waals surface area contributed by atoms with Crippen molar-refractivity contribution in [3.05, 3.63) is 28.0 Å². The first kappa shape index (κ1) is 20.9. The summed E-state index contributed by atoms with van der Waals surface area (Å²) in [6.07, 6.45) is 0.730. The molecule has 3 aliphatic rings. The van der Waals surface area contributed by atoms with Gasteiger partial charge in [0.25, 0.3) is 5.56 Å². The molecular formula is C22H32N4O4. The highest BCUT2D eigenvalue weighted by molar-refractivity contribution is 5.97. The Balaban J connectivity index is 1.66. The zero-order valence-corrected chi connectivity index (χ0v) is 18.3. The SMILES string of the molecule is CC1CC(=O)N2C[C@H](C[N+]3(C(C)(C)C)CCC(NC(=O)[O-])CC3)n3c2c1ccc3=O. The topological polar surface area (TPSA) is 94.5 Å². The molecule has 3 aliphatic heterocycles. The number of anilines is 1. The van der Waals surface area contributed by atoms with Crippen LogP contribution in [-0.4, -0.2) is 58.8 Å². The van der Waals surface area contributed by atoms with Gasteiger partial charge in [0, 0.05) is 31.4 Å². The molecule has 4 heterocycles. The van der Waals surface area contributed by atoms with Gasteiger partial charge in [-0.1, -0.05) is 6.92 Å². The van der Waals surface area contributed by atoms with Gasteiger partial charge < -0.3 is 19.7 Å². The predicted molar refractivity (Wildman–Crippen MR) is 111 cm³/mol. The molecule has 0 spiro atoms. The number of carboxylic acid groups (broad SMARTS) is 1. The van der Waals surface area contributed by atoms with Crippen molar-refractivity contribution in [3.8, 4) is 0 Å². The molecule has 0 aliphatic carbocycles. The van der Waals surface area contributed by atoms with Gasteiger partial charge in [0.2, 0.25) is 5.91 Å². The number of nitrogens with one attached hydrogen (secondary N) is 1. The number of likely N-dealkylation sites (tertiary alicyclic amines) is 1. The maximum atomic E-state index is 12.9. The lowest BCUT2D eigenvalue weighted by Gasteiger charge is -2.53. The van der Waals surface area contributed by atoms with Crippen LogP contribution in [0.2, 0.25) is 0 Å². The van der Waals surface area contributed by atoms with Crippen molar-refractivity contribution in [2.45, 2.75) is 70.5 Å². The number of piperidine rings is 1.